The minimum atomic E-state index is -0.132. The summed E-state index contributed by atoms with van der Waals surface area (Å²) < 4.78 is 13.5. The standard InChI is InChI=1S/C19H28FN/c1-5-16(13-7-6-8-15(20)11-13)21-17-12-14-9-10-19(17,4)18(14,2)3/h6-8,11,14,16-17,21H,5,9-10,12H2,1-4H3. The van der Waals surface area contributed by atoms with Gasteiger partial charge in [-0.05, 0) is 60.1 Å². The molecule has 3 rings (SSSR count). The van der Waals surface area contributed by atoms with Gasteiger partial charge in [-0.1, -0.05) is 39.8 Å². The fourth-order valence-electron chi connectivity index (χ4n) is 4.87. The summed E-state index contributed by atoms with van der Waals surface area (Å²) in [6.07, 6.45) is 4.97. The molecule has 1 aromatic rings. The molecule has 0 amide bonds. The molecular formula is C19H28FN. The fraction of sp³-hybridized carbons (Fsp3) is 0.684. The Hall–Kier alpha value is -0.890. The van der Waals surface area contributed by atoms with Gasteiger partial charge >= 0.3 is 0 Å². The van der Waals surface area contributed by atoms with E-state index in [2.05, 4.69) is 33.0 Å². The van der Waals surface area contributed by atoms with Crippen molar-refractivity contribution in [3.8, 4) is 0 Å². The van der Waals surface area contributed by atoms with Gasteiger partial charge in [0.05, 0.1) is 0 Å². The van der Waals surface area contributed by atoms with Crippen molar-refractivity contribution in [1.29, 1.82) is 0 Å². The summed E-state index contributed by atoms with van der Waals surface area (Å²) in [5, 5.41) is 3.87. The predicted octanol–water partition coefficient (Wildman–Crippen LogP) is 5.08. The molecule has 21 heavy (non-hydrogen) atoms. The molecule has 0 heterocycles. The van der Waals surface area contributed by atoms with E-state index in [4.69, 9.17) is 0 Å². The summed E-state index contributed by atoms with van der Waals surface area (Å²) in [7, 11) is 0. The van der Waals surface area contributed by atoms with Crippen LogP contribution in [-0.4, -0.2) is 6.04 Å². The molecule has 2 aliphatic rings. The normalized spacial score (nSPS) is 35.1. The zero-order valence-corrected chi connectivity index (χ0v) is 13.7. The quantitative estimate of drug-likeness (QED) is 0.815. The highest BCUT2D eigenvalue weighted by Crippen LogP contribution is 2.65. The average molecular weight is 289 g/mol. The van der Waals surface area contributed by atoms with E-state index in [0.29, 0.717) is 16.9 Å². The second-order valence-corrected chi connectivity index (χ2v) is 7.85. The van der Waals surface area contributed by atoms with E-state index >= 15 is 0 Å². The van der Waals surface area contributed by atoms with Gasteiger partial charge in [0.15, 0.2) is 0 Å². The number of hydrogen-bond donors (Lipinski definition) is 1. The van der Waals surface area contributed by atoms with Crippen LogP contribution in [0, 0.1) is 22.6 Å². The van der Waals surface area contributed by atoms with Crippen LogP contribution < -0.4 is 5.32 Å². The maximum atomic E-state index is 13.5. The summed E-state index contributed by atoms with van der Waals surface area (Å²) in [4.78, 5) is 0. The van der Waals surface area contributed by atoms with Crippen molar-refractivity contribution in [2.75, 3.05) is 0 Å². The third-order valence-electron chi connectivity index (χ3n) is 6.86. The van der Waals surface area contributed by atoms with Gasteiger partial charge in [-0.15, -0.1) is 0 Å². The topological polar surface area (TPSA) is 12.0 Å². The summed E-state index contributed by atoms with van der Waals surface area (Å²) in [5.74, 6) is 0.706. The Balaban J connectivity index is 1.80. The van der Waals surface area contributed by atoms with Gasteiger partial charge in [0, 0.05) is 12.1 Å². The molecule has 1 aromatic carbocycles. The van der Waals surface area contributed by atoms with E-state index in [-0.39, 0.29) is 11.9 Å². The lowest BCUT2D eigenvalue weighted by Gasteiger charge is -2.41. The molecule has 0 spiro atoms. The average Bonchev–Trinajstić information content (AvgIpc) is 2.77. The summed E-state index contributed by atoms with van der Waals surface area (Å²) >= 11 is 0. The van der Waals surface area contributed by atoms with Crippen LogP contribution in [0.1, 0.15) is 65.0 Å². The summed E-state index contributed by atoms with van der Waals surface area (Å²) in [6.45, 7) is 9.52. The van der Waals surface area contributed by atoms with E-state index in [0.717, 1.165) is 17.9 Å². The van der Waals surface area contributed by atoms with E-state index in [9.17, 15) is 4.39 Å². The Labute approximate surface area is 128 Å². The van der Waals surface area contributed by atoms with Gasteiger partial charge in [0.1, 0.15) is 5.82 Å². The minimum Gasteiger partial charge on any atom is -0.307 e. The van der Waals surface area contributed by atoms with Crippen LogP contribution in [0.15, 0.2) is 24.3 Å². The molecule has 0 aromatic heterocycles. The van der Waals surface area contributed by atoms with E-state index < -0.39 is 0 Å². The van der Waals surface area contributed by atoms with Crippen molar-refractivity contribution in [2.24, 2.45) is 16.7 Å². The first kappa shape index (κ1) is 15.0. The van der Waals surface area contributed by atoms with Crippen LogP contribution in [0.2, 0.25) is 0 Å². The number of benzene rings is 1. The van der Waals surface area contributed by atoms with Crippen LogP contribution >= 0.6 is 0 Å². The molecule has 4 unspecified atom stereocenters. The van der Waals surface area contributed by atoms with Crippen molar-refractivity contribution in [3.63, 3.8) is 0 Å². The first-order valence-electron chi connectivity index (χ1n) is 8.40. The number of hydrogen-bond acceptors (Lipinski definition) is 1. The Bertz CT molecular complexity index is 524. The third-order valence-corrected chi connectivity index (χ3v) is 6.86. The van der Waals surface area contributed by atoms with Crippen molar-refractivity contribution in [2.45, 2.75) is 65.5 Å². The molecule has 0 saturated heterocycles. The molecule has 0 aliphatic heterocycles. The van der Waals surface area contributed by atoms with Crippen LogP contribution in [0.3, 0.4) is 0 Å². The molecule has 2 saturated carbocycles. The van der Waals surface area contributed by atoms with Gasteiger partial charge in [0.25, 0.3) is 0 Å². The van der Waals surface area contributed by atoms with Gasteiger partial charge in [-0.3, -0.25) is 0 Å². The predicted molar refractivity (Wildman–Crippen MR) is 85.6 cm³/mol. The number of halogens is 1. The van der Waals surface area contributed by atoms with Crippen molar-refractivity contribution in [1.82, 2.24) is 5.32 Å². The first-order valence-corrected chi connectivity index (χ1v) is 8.40. The lowest BCUT2D eigenvalue weighted by molar-refractivity contribution is 0.114. The largest absolute Gasteiger partial charge is 0.307 e. The maximum absolute atomic E-state index is 13.5. The lowest BCUT2D eigenvalue weighted by atomic mass is 9.69. The third kappa shape index (κ3) is 2.23. The number of rotatable bonds is 4. The molecule has 1 N–H and O–H groups in total. The highest BCUT2D eigenvalue weighted by Gasteiger charge is 2.61. The van der Waals surface area contributed by atoms with Crippen LogP contribution in [0.4, 0.5) is 4.39 Å². The molecular weight excluding hydrogens is 261 g/mol. The van der Waals surface area contributed by atoms with Gasteiger partial charge in [-0.2, -0.15) is 0 Å². The molecule has 2 fully saturated rings. The van der Waals surface area contributed by atoms with Crippen LogP contribution in [0.5, 0.6) is 0 Å². The van der Waals surface area contributed by atoms with Gasteiger partial charge in [-0.25, -0.2) is 4.39 Å². The molecule has 2 bridgehead atoms. The monoisotopic (exact) mass is 289 g/mol. The van der Waals surface area contributed by atoms with E-state index in [1.54, 1.807) is 6.07 Å². The SMILES string of the molecule is CCC(NC1CC2CCC1(C)C2(C)C)c1cccc(F)c1. The van der Waals surface area contributed by atoms with E-state index in [1.807, 2.05) is 12.1 Å². The van der Waals surface area contributed by atoms with E-state index in [1.165, 1.54) is 25.3 Å². The Morgan fingerprint density at radius 3 is 2.62 bits per heavy atom. The maximum Gasteiger partial charge on any atom is 0.123 e. The zero-order valence-electron chi connectivity index (χ0n) is 13.7. The Morgan fingerprint density at radius 1 is 1.33 bits per heavy atom. The molecule has 116 valence electrons. The highest BCUT2D eigenvalue weighted by molar-refractivity contribution is 5.21. The van der Waals surface area contributed by atoms with Crippen molar-refractivity contribution >= 4 is 0 Å². The molecule has 2 heteroatoms. The number of nitrogens with one attached hydrogen (secondary N) is 1. The van der Waals surface area contributed by atoms with Crippen molar-refractivity contribution < 1.29 is 4.39 Å². The second kappa shape index (κ2) is 5.08. The second-order valence-electron chi connectivity index (χ2n) is 7.85. The molecule has 2 aliphatic carbocycles. The zero-order chi connectivity index (χ0) is 15.3. The summed E-state index contributed by atoms with van der Waals surface area (Å²) in [5.41, 5.74) is 1.88. The first-order chi connectivity index (χ1) is 9.88. The Kier molecular flexibility index (Phi) is 3.64. The van der Waals surface area contributed by atoms with Crippen LogP contribution in [-0.2, 0) is 0 Å². The van der Waals surface area contributed by atoms with Crippen LogP contribution in [0.25, 0.3) is 0 Å². The molecule has 1 nitrogen and oxygen atoms in total. The molecule has 0 radical (unpaired) electrons. The summed E-state index contributed by atoms with van der Waals surface area (Å²) in [6, 6.07) is 7.89. The minimum absolute atomic E-state index is 0.132. The molecule has 4 atom stereocenters. The lowest BCUT2D eigenvalue weighted by Crippen LogP contribution is -2.45. The van der Waals surface area contributed by atoms with Gasteiger partial charge < -0.3 is 5.32 Å². The highest BCUT2D eigenvalue weighted by atomic mass is 19.1. The van der Waals surface area contributed by atoms with Gasteiger partial charge in [0.2, 0.25) is 0 Å². The number of fused-ring (bicyclic) bond motifs is 2. The Morgan fingerprint density at radius 2 is 2.10 bits per heavy atom. The smallest absolute Gasteiger partial charge is 0.123 e. The fourth-order valence-corrected chi connectivity index (χ4v) is 4.87. The van der Waals surface area contributed by atoms with Crippen molar-refractivity contribution in [3.05, 3.63) is 35.6 Å².